The van der Waals surface area contributed by atoms with Crippen LogP contribution < -0.4 is 15.6 Å². The molecule has 13 heavy (non-hydrogen) atoms. The van der Waals surface area contributed by atoms with Crippen LogP contribution in [-0.2, 0) is 0 Å². The fraction of sp³-hybridized carbons (Fsp3) is 0. The van der Waals surface area contributed by atoms with Crippen molar-refractivity contribution >= 4 is 11.4 Å². The van der Waals surface area contributed by atoms with Gasteiger partial charge in [0.2, 0.25) is 0 Å². The Hall–Kier alpha value is -1.54. The zero-order valence-electron chi connectivity index (χ0n) is 6.28. The zero-order valence-corrected chi connectivity index (χ0v) is 6.28. The molecule has 0 spiro atoms. The molecular formula is C6H6N2O5-2. The molecule has 0 amide bonds. The Bertz CT molecular complexity index is 301. The standard InChI is InChI=1S/C6H7N2O5/c9-6-2-1-4(7(10)11)3-5(6)8(12)13/h1-3,9-10,12-13H/q-1/p-1. The van der Waals surface area contributed by atoms with Gasteiger partial charge < -0.3 is 15.5 Å². The predicted molar refractivity (Wildman–Crippen MR) is 39.6 cm³/mol. The van der Waals surface area contributed by atoms with Crippen molar-refractivity contribution < 1.29 is 20.7 Å². The lowest BCUT2D eigenvalue weighted by Crippen LogP contribution is -2.15. The van der Waals surface area contributed by atoms with Crippen LogP contribution in [0.3, 0.4) is 0 Å². The second kappa shape index (κ2) is 3.46. The third-order valence-electron chi connectivity index (χ3n) is 1.38. The van der Waals surface area contributed by atoms with Gasteiger partial charge in [-0.25, -0.2) is 0 Å². The van der Waals surface area contributed by atoms with Crippen molar-refractivity contribution in [3.05, 3.63) is 23.4 Å². The SMILES string of the molecule is [O-]c1ccc(N([O-])O)cc1N(O)O. The molecule has 0 bridgehead atoms. The molecule has 0 fully saturated rings. The quantitative estimate of drug-likeness (QED) is 0.558. The van der Waals surface area contributed by atoms with Crippen molar-refractivity contribution in [1.29, 1.82) is 0 Å². The summed E-state index contributed by atoms with van der Waals surface area (Å²) >= 11 is 0. The van der Waals surface area contributed by atoms with Crippen LogP contribution in [0.2, 0.25) is 0 Å². The molecule has 0 heterocycles. The van der Waals surface area contributed by atoms with Gasteiger partial charge in [0.05, 0.1) is 11.4 Å². The molecule has 7 nitrogen and oxygen atoms in total. The van der Waals surface area contributed by atoms with Crippen molar-refractivity contribution in [2.75, 3.05) is 10.5 Å². The molecule has 1 aromatic carbocycles. The van der Waals surface area contributed by atoms with Crippen molar-refractivity contribution in [1.82, 2.24) is 0 Å². The molecule has 0 unspecified atom stereocenters. The number of nitrogens with zero attached hydrogens (tertiary/aromatic N) is 2. The molecule has 0 aliphatic rings. The van der Waals surface area contributed by atoms with Gasteiger partial charge >= 0.3 is 0 Å². The molecule has 0 radical (unpaired) electrons. The summed E-state index contributed by atoms with van der Waals surface area (Å²) in [6.45, 7) is 0. The molecular weight excluding hydrogens is 180 g/mol. The second-order valence-electron chi connectivity index (χ2n) is 2.21. The fourth-order valence-electron chi connectivity index (χ4n) is 0.781. The van der Waals surface area contributed by atoms with E-state index < -0.39 is 21.9 Å². The van der Waals surface area contributed by atoms with Gasteiger partial charge in [-0.2, -0.15) is 0 Å². The van der Waals surface area contributed by atoms with E-state index in [1.807, 2.05) is 0 Å². The predicted octanol–water partition coefficient (Wildman–Crippen LogP) is 0.0384. The van der Waals surface area contributed by atoms with Crippen LogP contribution in [0.1, 0.15) is 0 Å². The van der Waals surface area contributed by atoms with Crippen LogP contribution in [0.4, 0.5) is 11.4 Å². The number of benzene rings is 1. The van der Waals surface area contributed by atoms with E-state index in [4.69, 9.17) is 15.6 Å². The first-order valence-electron chi connectivity index (χ1n) is 3.17. The average molecular weight is 186 g/mol. The van der Waals surface area contributed by atoms with Gasteiger partial charge in [-0.1, -0.05) is 11.8 Å². The number of hydrogen-bond acceptors (Lipinski definition) is 7. The van der Waals surface area contributed by atoms with Crippen molar-refractivity contribution in [2.24, 2.45) is 0 Å². The molecule has 72 valence electrons. The van der Waals surface area contributed by atoms with Crippen LogP contribution in [0.25, 0.3) is 0 Å². The molecule has 0 aliphatic carbocycles. The lowest BCUT2D eigenvalue weighted by Gasteiger charge is -2.25. The third-order valence-corrected chi connectivity index (χ3v) is 1.38. The fourth-order valence-corrected chi connectivity index (χ4v) is 0.781. The van der Waals surface area contributed by atoms with Gasteiger partial charge in [0, 0.05) is 0 Å². The molecule has 3 N–H and O–H groups in total. The first-order chi connectivity index (χ1) is 6.02. The minimum absolute atomic E-state index is 0.275. The van der Waals surface area contributed by atoms with Gasteiger partial charge in [-0.15, -0.1) is 5.23 Å². The summed E-state index contributed by atoms with van der Waals surface area (Å²) in [6.07, 6.45) is 0. The summed E-state index contributed by atoms with van der Waals surface area (Å²) in [5.41, 5.74) is -0.796. The summed E-state index contributed by atoms with van der Waals surface area (Å²) in [4.78, 5) is 0. The Morgan fingerprint density at radius 1 is 1.15 bits per heavy atom. The van der Waals surface area contributed by atoms with Gasteiger partial charge in [0.15, 0.2) is 0 Å². The maximum absolute atomic E-state index is 10.9. The van der Waals surface area contributed by atoms with Crippen LogP contribution in [-0.4, -0.2) is 15.6 Å². The van der Waals surface area contributed by atoms with E-state index in [1.54, 1.807) is 0 Å². The molecule has 1 aromatic rings. The normalized spacial score (nSPS) is 9.85. The van der Waals surface area contributed by atoms with E-state index >= 15 is 0 Å². The van der Waals surface area contributed by atoms with Crippen molar-refractivity contribution in [3.63, 3.8) is 0 Å². The van der Waals surface area contributed by atoms with E-state index in [1.165, 1.54) is 0 Å². The molecule has 0 aromatic heterocycles. The number of hydrogen-bond donors (Lipinski definition) is 3. The Balaban J connectivity index is 3.11. The monoisotopic (exact) mass is 186 g/mol. The lowest BCUT2D eigenvalue weighted by atomic mass is 10.2. The number of rotatable bonds is 2. The Morgan fingerprint density at radius 2 is 1.77 bits per heavy atom. The summed E-state index contributed by atoms with van der Waals surface area (Å²) < 4.78 is 0. The van der Waals surface area contributed by atoms with E-state index in [-0.39, 0.29) is 5.69 Å². The minimum atomic E-state index is -0.685. The van der Waals surface area contributed by atoms with Crippen LogP contribution in [0.5, 0.6) is 5.75 Å². The zero-order chi connectivity index (χ0) is 10.0. The lowest BCUT2D eigenvalue weighted by molar-refractivity contribution is -0.268. The molecule has 0 aliphatic heterocycles. The summed E-state index contributed by atoms with van der Waals surface area (Å²) in [7, 11) is 0. The van der Waals surface area contributed by atoms with E-state index in [2.05, 4.69) is 0 Å². The molecule has 1 rings (SSSR count). The highest BCUT2D eigenvalue weighted by Gasteiger charge is 2.02. The summed E-state index contributed by atoms with van der Waals surface area (Å²) in [5.74, 6) is -0.685. The maximum Gasteiger partial charge on any atom is 0.0885 e. The smallest absolute Gasteiger partial charge is 0.0885 e. The third kappa shape index (κ3) is 1.98. The topological polar surface area (TPSA) is 113 Å². The van der Waals surface area contributed by atoms with Crippen LogP contribution >= 0.6 is 0 Å². The van der Waals surface area contributed by atoms with Crippen LogP contribution in [0, 0.1) is 5.21 Å². The number of anilines is 2. The summed E-state index contributed by atoms with van der Waals surface area (Å²) in [5, 5.41) is 45.7. The first-order valence-corrected chi connectivity index (χ1v) is 3.17. The van der Waals surface area contributed by atoms with Crippen molar-refractivity contribution in [2.45, 2.75) is 0 Å². The van der Waals surface area contributed by atoms with E-state index in [0.717, 1.165) is 18.2 Å². The van der Waals surface area contributed by atoms with Crippen LogP contribution in [0.15, 0.2) is 18.2 Å². The molecule has 0 atom stereocenters. The second-order valence-corrected chi connectivity index (χ2v) is 2.21. The maximum atomic E-state index is 10.9. The van der Waals surface area contributed by atoms with Gasteiger partial charge in [0.25, 0.3) is 0 Å². The van der Waals surface area contributed by atoms with Gasteiger partial charge in [-0.3, -0.25) is 15.6 Å². The van der Waals surface area contributed by atoms with E-state index in [9.17, 15) is 10.3 Å². The Labute approximate surface area is 72.7 Å². The Kier molecular flexibility index (Phi) is 2.54. The highest BCUT2D eigenvalue weighted by molar-refractivity contribution is 5.63. The molecule has 0 saturated heterocycles. The van der Waals surface area contributed by atoms with Gasteiger partial charge in [-0.05, 0) is 12.1 Å². The highest BCUT2D eigenvalue weighted by atomic mass is 16.8. The Morgan fingerprint density at radius 3 is 2.23 bits per heavy atom. The highest BCUT2D eigenvalue weighted by Crippen LogP contribution is 2.27. The average Bonchev–Trinajstić information content (AvgIpc) is 2.04. The van der Waals surface area contributed by atoms with Crippen molar-refractivity contribution in [3.8, 4) is 5.75 Å². The van der Waals surface area contributed by atoms with Gasteiger partial charge in [0.1, 0.15) is 0 Å². The first kappa shape index (κ1) is 9.55. The molecule has 7 heteroatoms. The van der Waals surface area contributed by atoms with E-state index in [0.29, 0.717) is 0 Å². The largest absolute Gasteiger partial charge is 0.871 e. The minimum Gasteiger partial charge on any atom is -0.871 e. The summed E-state index contributed by atoms with van der Waals surface area (Å²) in [6, 6.07) is 2.79. The molecule has 0 saturated carbocycles.